The SMILES string of the molecule is CC(C)N1CCN(CC(C)(O)C(=O)O)CC1. The average Bonchev–Trinajstić information content (AvgIpc) is 2.17. The zero-order valence-corrected chi connectivity index (χ0v) is 10.3. The summed E-state index contributed by atoms with van der Waals surface area (Å²) in [5, 5.41) is 18.5. The van der Waals surface area contributed by atoms with E-state index >= 15 is 0 Å². The lowest BCUT2D eigenvalue weighted by atomic mass is 10.1. The van der Waals surface area contributed by atoms with E-state index < -0.39 is 11.6 Å². The van der Waals surface area contributed by atoms with Gasteiger partial charge in [-0.2, -0.15) is 0 Å². The van der Waals surface area contributed by atoms with Crippen LogP contribution in [-0.4, -0.2) is 70.3 Å². The van der Waals surface area contributed by atoms with Crippen molar-refractivity contribution in [2.24, 2.45) is 0 Å². The van der Waals surface area contributed by atoms with Crippen LogP contribution >= 0.6 is 0 Å². The highest BCUT2D eigenvalue weighted by Gasteiger charge is 2.33. The molecule has 0 bridgehead atoms. The molecule has 1 aliphatic rings. The summed E-state index contributed by atoms with van der Waals surface area (Å²) >= 11 is 0. The Balaban J connectivity index is 2.40. The maximum atomic E-state index is 10.8. The van der Waals surface area contributed by atoms with Gasteiger partial charge in [0.25, 0.3) is 0 Å². The van der Waals surface area contributed by atoms with E-state index in [0.29, 0.717) is 6.04 Å². The number of nitrogens with zero attached hydrogens (tertiary/aromatic N) is 2. The van der Waals surface area contributed by atoms with Crippen molar-refractivity contribution in [1.82, 2.24) is 9.80 Å². The highest BCUT2D eigenvalue weighted by Crippen LogP contribution is 2.11. The molecule has 0 aromatic rings. The molecule has 1 aliphatic heterocycles. The van der Waals surface area contributed by atoms with Gasteiger partial charge in [0.05, 0.1) is 0 Å². The minimum atomic E-state index is -1.64. The van der Waals surface area contributed by atoms with Gasteiger partial charge in [0, 0.05) is 38.8 Å². The number of carboxylic acids is 1. The number of aliphatic carboxylic acids is 1. The van der Waals surface area contributed by atoms with E-state index in [0.717, 1.165) is 26.2 Å². The third-order valence-electron chi connectivity index (χ3n) is 3.13. The van der Waals surface area contributed by atoms with Crippen molar-refractivity contribution < 1.29 is 15.0 Å². The number of carbonyl (C=O) groups is 1. The summed E-state index contributed by atoms with van der Waals surface area (Å²) in [6.07, 6.45) is 0. The zero-order valence-electron chi connectivity index (χ0n) is 10.3. The number of piperazine rings is 1. The minimum Gasteiger partial charge on any atom is -0.479 e. The van der Waals surface area contributed by atoms with Crippen LogP contribution in [0, 0.1) is 0 Å². The number of rotatable bonds is 4. The average molecular weight is 230 g/mol. The molecule has 5 nitrogen and oxygen atoms in total. The third kappa shape index (κ3) is 3.43. The smallest absolute Gasteiger partial charge is 0.336 e. The lowest BCUT2D eigenvalue weighted by molar-refractivity contribution is -0.158. The fraction of sp³-hybridized carbons (Fsp3) is 0.909. The van der Waals surface area contributed by atoms with Gasteiger partial charge >= 0.3 is 5.97 Å². The van der Waals surface area contributed by atoms with Gasteiger partial charge in [-0.1, -0.05) is 0 Å². The van der Waals surface area contributed by atoms with Gasteiger partial charge in [0.1, 0.15) is 0 Å². The number of hydrogen-bond acceptors (Lipinski definition) is 4. The molecule has 5 heteroatoms. The van der Waals surface area contributed by atoms with Crippen molar-refractivity contribution in [3.8, 4) is 0 Å². The summed E-state index contributed by atoms with van der Waals surface area (Å²) in [7, 11) is 0. The number of β-amino-alcohol motifs (C(OH)–C–C–N with tert-alkyl or cyclic N) is 1. The van der Waals surface area contributed by atoms with Gasteiger partial charge in [-0.05, 0) is 20.8 Å². The third-order valence-corrected chi connectivity index (χ3v) is 3.13. The predicted octanol–water partition coefficient (Wildman–Crippen LogP) is -0.152. The molecule has 0 radical (unpaired) electrons. The fourth-order valence-corrected chi connectivity index (χ4v) is 1.94. The number of hydrogen-bond donors (Lipinski definition) is 2. The van der Waals surface area contributed by atoms with Gasteiger partial charge in [-0.15, -0.1) is 0 Å². The van der Waals surface area contributed by atoms with Gasteiger partial charge in [0.2, 0.25) is 0 Å². The van der Waals surface area contributed by atoms with Crippen molar-refractivity contribution in [2.45, 2.75) is 32.4 Å². The Morgan fingerprint density at radius 2 is 1.81 bits per heavy atom. The molecule has 1 fully saturated rings. The van der Waals surface area contributed by atoms with Crippen LogP contribution in [0.3, 0.4) is 0 Å². The molecule has 0 aliphatic carbocycles. The Labute approximate surface area is 96.7 Å². The van der Waals surface area contributed by atoms with Gasteiger partial charge in [-0.3, -0.25) is 9.80 Å². The maximum Gasteiger partial charge on any atom is 0.336 e. The van der Waals surface area contributed by atoms with E-state index in [-0.39, 0.29) is 6.54 Å². The van der Waals surface area contributed by atoms with Crippen LogP contribution in [0.5, 0.6) is 0 Å². The lowest BCUT2D eigenvalue weighted by Gasteiger charge is -2.38. The Bertz CT molecular complexity index is 246. The summed E-state index contributed by atoms with van der Waals surface area (Å²) < 4.78 is 0. The molecule has 0 aromatic heterocycles. The highest BCUT2D eigenvalue weighted by atomic mass is 16.4. The quantitative estimate of drug-likeness (QED) is 0.703. The molecule has 1 saturated heterocycles. The molecule has 1 heterocycles. The van der Waals surface area contributed by atoms with Crippen molar-refractivity contribution in [3.63, 3.8) is 0 Å². The Morgan fingerprint density at radius 1 is 1.31 bits per heavy atom. The molecule has 94 valence electrons. The molecule has 0 amide bonds. The highest BCUT2D eigenvalue weighted by molar-refractivity contribution is 5.76. The largest absolute Gasteiger partial charge is 0.479 e. The Morgan fingerprint density at radius 3 is 2.19 bits per heavy atom. The van der Waals surface area contributed by atoms with Gasteiger partial charge < -0.3 is 10.2 Å². The van der Waals surface area contributed by atoms with Crippen LogP contribution < -0.4 is 0 Å². The molecule has 16 heavy (non-hydrogen) atoms. The minimum absolute atomic E-state index is 0.203. The van der Waals surface area contributed by atoms with Crippen LogP contribution in [-0.2, 0) is 4.79 Å². The van der Waals surface area contributed by atoms with Crippen LogP contribution in [0.2, 0.25) is 0 Å². The van der Waals surface area contributed by atoms with Crippen molar-refractivity contribution in [1.29, 1.82) is 0 Å². The summed E-state index contributed by atoms with van der Waals surface area (Å²) in [5.41, 5.74) is -1.64. The fourth-order valence-electron chi connectivity index (χ4n) is 1.94. The molecule has 1 atom stereocenters. The van der Waals surface area contributed by atoms with Crippen molar-refractivity contribution in [3.05, 3.63) is 0 Å². The Kier molecular flexibility index (Phi) is 4.29. The maximum absolute atomic E-state index is 10.8. The molecule has 0 saturated carbocycles. The van der Waals surface area contributed by atoms with Crippen molar-refractivity contribution >= 4 is 5.97 Å². The van der Waals surface area contributed by atoms with E-state index in [1.807, 2.05) is 4.90 Å². The van der Waals surface area contributed by atoms with Crippen molar-refractivity contribution in [2.75, 3.05) is 32.7 Å². The zero-order chi connectivity index (χ0) is 12.3. The molecule has 2 N–H and O–H groups in total. The van der Waals surface area contributed by atoms with E-state index in [4.69, 9.17) is 5.11 Å². The van der Waals surface area contributed by atoms with Crippen LogP contribution in [0.4, 0.5) is 0 Å². The number of aliphatic hydroxyl groups is 1. The van der Waals surface area contributed by atoms with Crippen LogP contribution in [0.1, 0.15) is 20.8 Å². The molecule has 0 spiro atoms. The van der Waals surface area contributed by atoms with E-state index in [9.17, 15) is 9.90 Å². The first-order chi connectivity index (χ1) is 7.33. The van der Waals surface area contributed by atoms with E-state index in [2.05, 4.69) is 18.7 Å². The van der Waals surface area contributed by atoms with E-state index in [1.54, 1.807) is 0 Å². The normalized spacial score (nSPS) is 23.3. The summed E-state index contributed by atoms with van der Waals surface area (Å²) in [4.78, 5) is 15.1. The molecule has 1 rings (SSSR count). The lowest BCUT2D eigenvalue weighted by Crippen LogP contribution is -2.54. The predicted molar refractivity (Wildman–Crippen MR) is 61.4 cm³/mol. The Hall–Kier alpha value is -0.650. The van der Waals surface area contributed by atoms with Crippen LogP contribution in [0.25, 0.3) is 0 Å². The van der Waals surface area contributed by atoms with Gasteiger partial charge in [0.15, 0.2) is 5.60 Å². The summed E-state index contributed by atoms with van der Waals surface area (Å²) in [6, 6.07) is 0.530. The van der Waals surface area contributed by atoms with Gasteiger partial charge in [-0.25, -0.2) is 4.79 Å². The second-order valence-electron chi connectivity index (χ2n) is 4.98. The summed E-state index contributed by atoms with van der Waals surface area (Å²) in [5.74, 6) is -1.15. The topological polar surface area (TPSA) is 64.0 Å². The monoisotopic (exact) mass is 230 g/mol. The molecule has 1 unspecified atom stereocenters. The second-order valence-corrected chi connectivity index (χ2v) is 4.98. The number of carboxylic acid groups (broad SMARTS) is 1. The first-order valence-electron chi connectivity index (χ1n) is 5.75. The molecular formula is C11H22N2O3. The standard InChI is InChI=1S/C11H22N2O3/c1-9(2)13-6-4-12(5-7-13)8-11(3,16)10(14)15/h9,16H,4-8H2,1-3H3,(H,14,15). The second kappa shape index (κ2) is 5.12. The first-order valence-corrected chi connectivity index (χ1v) is 5.75. The summed E-state index contributed by atoms with van der Waals surface area (Å²) in [6.45, 7) is 9.38. The molecular weight excluding hydrogens is 208 g/mol. The van der Waals surface area contributed by atoms with Crippen LogP contribution in [0.15, 0.2) is 0 Å². The van der Waals surface area contributed by atoms with E-state index in [1.165, 1.54) is 6.92 Å². The first kappa shape index (κ1) is 13.4. The molecule has 0 aromatic carbocycles.